The highest BCUT2D eigenvalue weighted by molar-refractivity contribution is 6.17. The summed E-state index contributed by atoms with van der Waals surface area (Å²) >= 11 is 5.46. The van der Waals surface area contributed by atoms with Crippen molar-refractivity contribution in [2.24, 2.45) is 0 Å². The van der Waals surface area contributed by atoms with E-state index >= 15 is 0 Å². The second kappa shape index (κ2) is 7.66. The van der Waals surface area contributed by atoms with Crippen LogP contribution in [0.2, 0.25) is 0 Å². The Morgan fingerprint density at radius 3 is 2.45 bits per heavy atom. The molecule has 0 bridgehead atoms. The van der Waals surface area contributed by atoms with E-state index in [4.69, 9.17) is 16.7 Å². The Morgan fingerprint density at radius 1 is 1.27 bits per heavy atom. The minimum Gasteiger partial charge on any atom is -0.465 e. The molecule has 0 rings (SSSR count). The van der Waals surface area contributed by atoms with Crippen LogP contribution in [0.4, 0.5) is 4.79 Å². The predicted molar refractivity (Wildman–Crippen MR) is 45.2 cm³/mol. The summed E-state index contributed by atoms with van der Waals surface area (Å²) in [4.78, 5) is 9.96. The van der Waals surface area contributed by atoms with Crippen molar-refractivity contribution in [1.82, 2.24) is 5.32 Å². The van der Waals surface area contributed by atoms with E-state index in [1.807, 2.05) is 0 Å². The van der Waals surface area contributed by atoms with Crippen LogP contribution in [0.15, 0.2) is 0 Å². The lowest BCUT2D eigenvalue weighted by atomic mass is 10.2. The highest BCUT2D eigenvalue weighted by atomic mass is 35.5. The van der Waals surface area contributed by atoms with Crippen molar-refractivity contribution in [1.29, 1.82) is 0 Å². The Morgan fingerprint density at radius 2 is 1.91 bits per heavy atom. The van der Waals surface area contributed by atoms with E-state index in [1.165, 1.54) is 0 Å². The zero-order chi connectivity index (χ0) is 8.53. The number of hydrogen-bond acceptors (Lipinski definition) is 1. The summed E-state index contributed by atoms with van der Waals surface area (Å²) in [6, 6.07) is 0. The largest absolute Gasteiger partial charge is 0.465 e. The van der Waals surface area contributed by atoms with Gasteiger partial charge < -0.3 is 10.4 Å². The summed E-state index contributed by atoms with van der Waals surface area (Å²) in [6.45, 7) is 0.553. The van der Waals surface area contributed by atoms with Crippen molar-refractivity contribution in [2.45, 2.75) is 25.7 Å². The molecule has 0 saturated heterocycles. The molecule has 0 aromatic heterocycles. The van der Waals surface area contributed by atoms with Gasteiger partial charge in [-0.3, -0.25) is 0 Å². The number of amides is 1. The quantitative estimate of drug-likeness (QED) is 0.485. The Hall–Kier alpha value is -0.440. The molecular weight excluding hydrogens is 166 g/mol. The van der Waals surface area contributed by atoms with Crippen LogP contribution in [-0.2, 0) is 0 Å². The molecule has 0 heterocycles. The SMILES string of the molecule is O=C(O)NCCCCCCCl. The maximum Gasteiger partial charge on any atom is 0.404 e. The lowest BCUT2D eigenvalue weighted by Gasteiger charge is -1.99. The zero-order valence-electron chi connectivity index (χ0n) is 6.48. The van der Waals surface area contributed by atoms with E-state index in [0.717, 1.165) is 25.7 Å². The third-order valence-corrected chi connectivity index (χ3v) is 1.60. The van der Waals surface area contributed by atoms with Crippen molar-refractivity contribution >= 4 is 17.7 Å². The molecule has 0 unspecified atom stereocenters. The fourth-order valence-electron chi connectivity index (χ4n) is 0.768. The molecule has 0 fully saturated rings. The van der Waals surface area contributed by atoms with Crippen LogP contribution in [0.3, 0.4) is 0 Å². The molecule has 0 atom stereocenters. The van der Waals surface area contributed by atoms with E-state index in [9.17, 15) is 4.79 Å². The topological polar surface area (TPSA) is 49.3 Å². The number of nitrogens with one attached hydrogen (secondary N) is 1. The summed E-state index contributed by atoms with van der Waals surface area (Å²) in [5.41, 5.74) is 0. The molecule has 2 N–H and O–H groups in total. The lowest BCUT2D eigenvalue weighted by molar-refractivity contribution is 0.194. The van der Waals surface area contributed by atoms with E-state index < -0.39 is 6.09 Å². The number of halogens is 1. The van der Waals surface area contributed by atoms with Crippen LogP contribution in [0.25, 0.3) is 0 Å². The third-order valence-electron chi connectivity index (χ3n) is 1.34. The maximum atomic E-state index is 9.96. The molecule has 0 aromatic rings. The molecule has 66 valence electrons. The summed E-state index contributed by atoms with van der Waals surface area (Å²) in [7, 11) is 0. The molecule has 4 heteroatoms. The molecule has 0 aliphatic heterocycles. The van der Waals surface area contributed by atoms with Gasteiger partial charge in [0, 0.05) is 12.4 Å². The van der Waals surface area contributed by atoms with Crippen molar-refractivity contribution in [3.63, 3.8) is 0 Å². The van der Waals surface area contributed by atoms with Crippen molar-refractivity contribution in [3.8, 4) is 0 Å². The van der Waals surface area contributed by atoms with Crippen LogP contribution in [-0.4, -0.2) is 23.6 Å². The van der Waals surface area contributed by atoms with Crippen molar-refractivity contribution < 1.29 is 9.90 Å². The maximum absolute atomic E-state index is 9.96. The molecule has 1 amide bonds. The van der Waals surface area contributed by atoms with Crippen LogP contribution in [0.1, 0.15) is 25.7 Å². The van der Waals surface area contributed by atoms with Gasteiger partial charge >= 0.3 is 6.09 Å². The fraction of sp³-hybridized carbons (Fsp3) is 0.857. The number of rotatable bonds is 6. The summed E-state index contributed by atoms with van der Waals surface area (Å²) < 4.78 is 0. The first-order chi connectivity index (χ1) is 5.27. The number of hydrogen-bond donors (Lipinski definition) is 2. The number of unbranched alkanes of at least 4 members (excludes halogenated alkanes) is 3. The van der Waals surface area contributed by atoms with E-state index in [2.05, 4.69) is 5.32 Å². The third kappa shape index (κ3) is 9.56. The Bertz CT molecular complexity index is 109. The van der Waals surface area contributed by atoms with Gasteiger partial charge in [0.25, 0.3) is 0 Å². The monoisotopic (exact) mass is 179 g/mol. The Kier molecular flexibility index (Phi) is 7.36. The average molecular weight is 180 g/mol. The normalized spacial score (nSPS) is 9.55. The molecule has 0 spiro atoms. The first kappa shape index (κ1) is 10.6. The lowest BCUT2D eigenvalue weighted by Crippen LogP contribution is -2.21. The van der Waals surface area contributed by atoms with E-state index in [1.54, 1.807) is 0 Å². The summed E-state index contributed by atoms with van der Waals surface area (Å²) in [5.74, 6) is 0.701. The summed E-state index contributed by atoms with van der Waals surface area (Å²) in [6.07, 6.45) is 3.12. The van der Waals surface area contributed by atoms with Gasteiger partial charge in [-0.05, 0) is 12.8 Å². The van der Waals surface area contributed by atoms with Crippen LogP contribution < -0.4 is 5.32 Å². The standard InChI is InChI=1S/C7H14ClNO2/c8-5-3-1-2-4-6-9-7(10)11/h9H,1-6H2,(H,10,11). The van der Waals surface area contributed by atoms with Gasteiger partial charge in [0.2, 0.25) is 0 Å². The highest BCUT2D eigenvalue weighted by Crippen LogP contribution is 1.99. The number of carboxylic acid groups (broad SMARTS) is 1. The van der Waals surface area contributed by atoms with Gasteiger partial charge in [0.15, 0.2) is 0 Å². The van der Waals surface area contributed by atoms with Gasteiger partial charge in [-0.15, -0.1) is 11.6 Å². The molecule has 0 saturated carbocycles. The molecule has 0 aromatic carbocycles. The van der Waals surface area contributed by atoms with E-state index in [-0.39, 0.29) is 0 Å². The Labute approximate surface area is 71.7 Å². The predicted octanol–water partition coefficient (Wildman–Crippen LogP) is 2.05. The van der Waals surface area contributed by atoms with Crippen molar-refractivity contribution in [2.75, 3.05) is 12.4 Å². The molecule has 0 aliphatic rings. The van der Waals surface area contributed by atoms with Gasteiger partial charge in [-0.25, -0.2) is 4.79 Å². The van der Waals surface area contributed by atoms with Crippen LogP contribution >= 0.6 is 11.6 Å². The fourth-order valence-corrected chi connectivity index (χ4v) is 0.957. The molecule has 3 nitrogen and oxygen atoms in total. The van der Waals surface area contributed by atoms with E-state index in [0.29, 0.717) is 12.4 Å². The van der Waals surface area contributed by atoms with Gasteiger partial charge in [-0.2, -0.15) is 0 Å². The van der Waals surface area contributed by atoms with Crippen molar-refractivity contribution in [3.05, 3.63) is 0 Å². The molecule has 0 aliphatic carbocycles. The molecular formula is C7H14ClNO2. The first-order valence-electron chi connectivity index (χ1n) is 3.80. The zero-order valence-corrected chi connectivity index (χ0v) is 7.23. The number of carbonyl (C=O) groups is 1. The number of alkyl halides is 1. The average Bonchev–Trinajstić information content (AvgIpc) is 1.96. The second-order valence-corrected chi connectivity index (χ2v) is 2.71. The molecule has 11 heavy (non-hydrogen) atoms. The first-order valence-corrected chi connectivity index (χ1v) is 4.33. The second-order valence-electron chi connectivity index (χ2n) is 2.34. The summed E-state index contributed by atoms with van der Waals surface area (Å²) in [5, 5.41) is 10.5. The Balaban J connectivity index is 2.85. The minimum atomic E-state index is -0.942. The van der Waals surface area contributed by atoms with Crippen LogP contribution in [0, 0.1) is 0 Å². The van der Waals surface area contributed by atoms with Gasteiger partial charge in [-0.1, -0.05) is 12.8 Å². The highest BCUT2D eigenvalue weighted by Gasteiger charge is 1.92. The van der Waals surface area contributed by atoms with Crippen LogP contribution in [0.5, 0.6) is 0 Å². The molecule has 0 radical (unpaired) electrons. The van der Waals surface area contributed by atoms with Gasteiger partial charge in [0.05, 0.1) is 0 Å². The smallest absolute Gasteiger partial charge is 0.404 e. The minimum absolute atomic E-state index is 0.553. The van der Waals surface area contributed by atoms with Gasteiger partial charge in [0.1, 0.15) is 0 Å².